The van der Waals surface area contributed by atoms with Gasteiger partial charge in [-0.15, -0.1) is 0 Å². The van der Waals surface area contributed by atoms with Gasteiger partial charge in [0.2, 0.25) is 0 Å². The highest BCUT2D eigenvalue weighted by Crippen LogP contribution is 2.33. The molecule has 0 N–H and O–H groups in total. The van der Waals surface area contributed by atoms with E-state index in [1.54, 1.807) is 5.56 Å². The van der Waals surface area contributed by atoms with Gasteiger partial charge in [-0.3, -0.25) is 9.69 Å². The van der Waals surface area contributed by atoms with Crippen LogP contribution < -0.4 is 0 Å². The van der Waals surface area contributed by atoms with Gasteiger partial charge in [0.1, 0.15) is 0 Å². The van der Waals surface area contributed by atoms with Crippen molar-refractivity contribution < 1.29 is 4.79 Å². The lowest BCUT2D eigenvalue weighted by Crippen LogP contribution is -2.46. The van der Waals surface area contributed by atoms with Crippen LogP contribution >= 0.6 is 15.9 Å². The molecule has 0 radical (unpaired) electrons. The lowest BCUT2D eigenvalue weighted by Gasteiger charge is -2.42. The molecule has 2 nitrogen and oxygen atoms in total. The maximum absolute atomic E-state index is 11.0. The summed E-state index contributed by atoms with van der Waals surface area (Å²) in [6.07, 6.45) is 5.93. The van der Waals surface area contributed by atoms with E-state index in [4.69, 9.17) is 0 Å². The molecule has 2 atom stereocenters. The zero-order valence-corrected chi connectivity index (χ0v) is 15.3. The number of fused-ring (bicyclic) bond motifs is 2. The van der Waals surface area contributed by atoms with Crippen molar-refractivity contribution in [1.82, 2.24) is 4.90 Å². The fourth-order valence-corrected chi connectivity index (χ4v) is 4.81. The van der Waals surface area contributed by atoms with E-state index in [9.17, 15) is 4.79 Å². The van der Waals surface area contributed by atoms with E-state index in [0.29, 0.717) is 6.04 Å². The molecule has 24 heavy (non-hydrogen) atoms. The summed E-state index contributed by atoms with van der Waals surface area (Å²) in [4.78, 5) is 13.7. The fourth-order valence-electron chi connectivity index (χ4n) is 4.29. The maximum Gasteiger partial charge on any atom is 0.151 e. The molecular weight excluding hydrogens is 362 g/mol. The molecule has 1 fully saturated rings. The third-order valence-electron chi connectivity index (χ3n) is 5.58. The van der Waals surface area contributed by atoms with Crippen molar-refractivity contribution in [2.45, 2.75) is 38.3 Å². The maximum atomic E-state index is 11.0. The number of piperidine rings is 1. The molecule has 2 aromatic carbocycles. The monoisotopic (exact) mass is 383 g/mol. The average molecular weight is 384 g/mol. The molecule has 0 unspecified atom stereocenters. The number of nitrogens with zero attached hydrogens (tertiary/aromatic N) is 1. The van der Waals surface area contributed by atoms with Crippen LogP contribution in [0.2, 0.25) is 0 Å². The summed E-state index contributed by atoms with van der Waals surface area (Å²) in [6.45, 7) is 2.16. The van der Waals surface area contributed by atoms with Crippen molar-refractivity contribution in [3.8, 4) is 0 Å². The highest BCUT2D eigenvalue weighted by molar-refractivity contribution is 9.10. The number of hydrogen-bond donors (Lipinski definition) is 0. The van der Waals surface area contributed by atoms with Gasteiger partial charge in [0, 0.05) is 29.2 Å². The molecule has 0 aromatic heterocycles. The molecule has 0 saturated carbocycles. The van der Waals surface area contributed by atoms with Crippen molar-refractivity contribution in [2.75, 3.05) is 6.54 Å². The Kier molecular flexibility index (Phi) is 4.55. The Labute approximate surface area is 152 Å². The molecule has 0 spiro atoms. The van der Waals surface area contributed by atoms with Gasteiger partial charge in [-0.05, 0) is 54.4 Å². The SMILES string of the molecule is O=Cc1ccc(CN2C[C@@H]3CC[C@H]2Cc2ccccc2C3)cc1Br. The first-order valence-electron chi connectivity index (χ1n) is 8.77. The number of carbonyl (C=O) groups excluding carboxylic acids is 1. The highest BCUT2D eigenvalue weighted by Gasteiger charge is 2.31. The molecular formula is C21H22BrNO. The van der Waals surface area contributed by atoms with E-state index in [-0.39, 0.29) is 0 Å². The normalized spacial score (nSPS) is 23.4. The number of hydrogen-bond acceptors (Lipinski definition) is 2. The van der Waals surface area contributed by atoms with E-state index >= 15 is 0 Å². The molecule has 3 heteroatoms. The summed E-state index contributed by atoms with van der Waals surface area (Å²) in [7, 11) is 0. The van der Waals surface area contributed by atoms with Gasteiger partial charge in [0.25, 0.3) is 0 Å². The number of benzene rings is 2. The summed E-state index contributed by atoms with van der Waals surface area (Å²) in [6, 6.07) is 15.7. The second-order valence-electron chi connectivity index (χ2n) is 7.18. The van der Waals surface area contributed by atoms with E-state index in [0.717, 1.165) is 35.2 Å². The Balaban J connectivity index is 1.57. The van der Waals surface area contributed by atoms with Crippen molar-refractivity contribution in [1.29, 1.82) is 0 Å². The lowest BCUT2D eigenvalue weighted by atomic mass is 9.80. The minimum Gasteiger partial charge on any atom is -0.298 e. The second-order valence-corrected chi connectivity index (χ2v) is 8.03. The van der Waals surface area contributed by atoms with Gasteiger partial charge in [0.15, 0.2) is 6.29 Å². The van der Waals surface area contributed by atoms with E-state index in [1.165, 1.54) is 36.9 Å². The minimum atomic E-state index is 0.632. The Bertz CT molecular complexity index is 757. The van der Waals surface area contributed by atoms with E-state index in [2.05, 4.69) is 57.2 Å². The molecule has 124 valence electrons. The summed E-state index contributed by atoms with van der Waals surface area (Å²) >= 11 is 3.51. The smallest absolute Gasteiger partial charge is 0.151 e. The predicted octanol–water partition coefficient (Wildman–Crippen LogP) is 4.64. The van der Waals surface area contributed by atoms with Gasteiger partial charge in [0.05, 0.1) is 0 Å². The van der Waals surface area contributed by atoms with Gasteiger partial charge >= 0.3 is 0 Å². The average Bonchev–Trinajstić information content (AvgIpc) is 2.56. The topological polar surface area (TPSA) is 20.3 Å². The van der Waals surface area contributed by atoms with Crippen LogP contribution in [0.3, 0.4) is 0 Å². The quantitative estimate of drug-likeness (QED) is 0.719. The van der Waals surface area contributed by atoms with E-state index in [1.807, 2.05) is 6.07 Å². The molecule has 1 aliphatic carbocycles. The molecule has 2 bridgehead atoms. The molecule has 2 aliphatic heterocycles. The van der Waals surface area contributed by atoms with Crippen molar-refractivity contribution in [3.63, 3.8) is 0 Å². The highest BCUT2D eigenvalue weighted by atomic mass is 79.9. The van der Waals surface area contributed by atoms with Crippen LogP contribution in [0.25, 0.3) is 0 Å². The summed E-state index contributed by atoms with van der Waals surface area (Å²) < 4.78 is 0.901. The first kappa shape index (κ1) is 16.0. The van der Waals surface area contributed by atoms with Crippen LogP contribution in [-0.2, 0) is 19.4 Å². The van der Waals surface area contributed by atoms with Crippen LogP contribution in [0.4, 0.5) is 0 Å². The summed E-state index contributed by atoms with van der Waals surface area (Å²) in [5.41, 5.74) is 5.10. The van der Waals surface area contributed by atoms with Crippen molar-refractivity contribution >= 4 is 22.2 Å². The number of halogens is 1. The molecule has 1 saturated heterocycles. The fraction of sp³-hybridized carbons (Fsp3) is 0.381. The van der Waals surface area contributed by atoms with Gasteiger partial charge < -0.3 is 0 Å². The molecule has 2 heterocycles. The lowest BCUT2D eigenvalue weighted by molar-refractivity contribution is 0.0938. The van der Waals surface area contributed by atoms with Crippen LogP contribution in [-0.4, -0.2) is 23.8 Å². The summed E-state index contributed by atoms with van der Waals surface area (Å²) in [5, 5.41) is 0. The Morgan fingerprint density at radius 3 is 2.62 bits per heavy atom. The first-order chi connectivity index (χ1) is 11.7. The largest absolute Gasteiger partial charge is 0.298 e. The van der Waals surface area contributed by atoms with Crippen molar-refractivity contribution in [3.05, 3.63) is 69.2 Å². The van der Waals surface area contributed by atoms with Gasteiger partial charge in [-0.25, -0.2) is 0 Å². The minimum absolute atomic E-state index is 0.632. The molecule has 5 rings (SSSR count). The molecule has 2 aromatic rings. The second kappa shape index (κ2) is 6.81. The van der Waals surface area contributed by atoms with Gasteiger partial charge in [-0.1, -0.05) is 52.3 Å². The number of rotatable bonds is 3. The first-order valence-corrected chi connectivity index (χ1v) is 9.56. The van der Waals surface area contributed by atoms with Crippen LogP contribution in [0.1, 0.15) is 39.9 Å². The third kappa shape index (κ3) is 3.20. The standard InChI is InChI=1S/C21H22BrNO/c22-21-10-16(5-7-19(21)14-24)13-23-12-15-6-8-20(23)11-18-4-2-1-3-17(18)9-15/h1-5,7,10,14-15,20H,6,8-9,11-13H2/t15-,20+/m1/s1. The van der Waals surface area contributed by atoms with E-state index < -0.39 is 0 Å². The molecule has 0 amide bonds. The number of aldehydes is 1. The number of carbonyl (C=O) groups is 1. The Hall–Kier alpha value is -1.45. The Morgan fingerprint density at radius 1 is 1.08 bits per heavy atom. The van der Waals surface area contributed by atoms with Crippen LogP contribution in [0, 0.1) is 5.92 Å². The summed E-state index contributed by atoms with van der Waals surface area (Å²) in [5.74, 6) is 0.764. The zero-order valence-electron chi connectivity index (χ0n) is 13.7. The Morgan fingerprint density at radius 2 is 1.88 bits per heavy atom. The predicted molar refractivity (Wildman–Crippen MR) is 100 cm³/mol. The van der Waals surface area contributed by atoms with Crippen molar-refractivity contribution in [2.24, 2.45) is 5.92 Å². The molecule has 3 aliphatic rings. The van der Waals surface area contributed by atoms with Crippen LogP contribution in [0.15, 0.2) is 46.9 Å². The third-order valence-corrected chi connectivity index (χ3v) is 6.26. The van der Waals surface area contributed by atoms with Crippen LogP contribution in [0.5, 0.6) is 0 Å². The zero-order chi connectivity index (χ0) is 16.5. The van der Waals surface area contributed by atoms with Gasteiger partial charge in [-0.2, -0.15) is 0 Å².